The summed E-state index contributed by atoms with van der Waals surface area (Å²) in [5, 5.41) is 3.54. The van der Waals surface area contributed by atoms with Gasteiger partial charge >= 0.3 is 0 Å². The Morgan fingerprint density at radius 3 is 2.53 bits per heavy atom. The summed E-state index contributed by atoms with van der Waals surface area (Å²) in [6, 6.07) is 2.54. The highest BCUT2D eigenvalue weighted by Crippen LogP contribution is 2.20. The van der Waals surface area contributed by atoms with Gasteiger partial charge in [0.05, 0.1) is 0 Å². The lowest BCUT2D eigenvalue weighted by molar-refractivity contribution is 0.617. The van der Waals surface area contributed by atoms with Crippen molar-refractivity contribution in [3.63, 3.8) is 0 Å². The van der Waals surface area contributed by atoms with Crippen molar-refractivity contribution in [1.82, 2.24) is 9.97 Å². The fraction of sp³-hybridized carbons (Fsp3) is 0.692. The highest BCUT2D eigenvalue weighted by atomic mass is 15.2. The van der Waals surface area contributed by atoms with Crippen LogP contribution in [0.25, 0.3) is 0 Å². The summed E-state index contributed by atoms with van der Waals surface area (Å²) in [6.45, 7) is 0. The third-order valence-electron chi connectivity index (χ3n) is 3.25. The topological polar surface area (TPSA) is 41.1 Å². The second kappa shape index (κ2) is 5.84. The van der Waals surface area contributed by atoms with Crippen molar-refractivity contribution in [1.29, 1.82) is 0 Å². The average molecular weight is 234 g/mol. The maximum absolute atomic E-state index is 4.50. The van der Waals surface area contributed by atoms with Crippen molar-refractivity contribution < 1.29 is 0 Å². The van der Waals surface area contributed by atoms with E-state index in [1.54, 1.807) is 0 Å². The van der Waals surface area contributed by atoms with E-state index in [0.717, 1.165) is 11.8 Å². The average Bonchev–Trinajstić information content (AvgIpc) is 2.58. The fourth-order valence-corrected chi connectivity index (χ4v) is 2.28. The molecule has 17 heavy (non-hydrogen) atoms. The van der Waals surface area contributed by atoms with Crippen LogP contribution in [0.15, 0.2) is 12.3 Å². The van der Waals surface area contributed by atoms with Crippen LogP contribution < -0.4 is 10.2 Å². The van der Waals surface area contributed by atoms with Crippen LogP contribution in [0.1, 0.15) is 38.5 Å². The molecule has 4 heteroatoms. The zero-order chi connectivity index (χ0) is 12.1. The van der Waals surface area contributed by atoms with Crippen molar-refractivity contribution in [3.05, 3.63) is 12.3 Å². The van der Waals surface area contributed by atoms with Crippen LogP contribution in [-0.2, 0) is 0 Å². The molecule has 1 heterocycles. The van der Waals surface area contributed by atoms with Crippen LogP contribution in [0.5, 0.6) is 0 Å². The van der Waals surface area contributed by atoms with Gasteiger partial charge in [0.1, 0.15) is 5.82 Å². The number of hydrogen-bond acceptors (Lipinski definition) is 4. The molecule has 0 atom stereocenters. The maximum atomic E-state index is 4.50. The van der Waals surface area contributed by atoms with E-state index in [2.05, 4.69) is 15.3 Å². The van der Waals surface area contributed by atoms with Crippen LogP contribution in [0, 0.1) is 0 Å². The van der Waals surface area contributed by atoms with Crippen LogP contribution in [-0.4, -0.2) is 30.1 Å². The van der Waals surface area contributed by atoms with Gasteiger partial charge in [0.2, 0.25) is 5.95 Å². The molecule has 0 bridgehead atoms. The Morgan fingerprint density at radius 1 is 1.18 bits per heavy atom. The van der Waals surface area contributed by atoms with E-state index in [-0.39, 0.29) is 0 Å². The van der Waals surface area contributed by atoms with Gasteiger partial charge in [-0.05, 0) is 18.9 Å². The van der Waals surface area contributed by atoms with E-state index in [0.29, 0.717) is 6.04 Å². The van der Waals surface area contributed by atoms with E-state index < -0.39 is 0 Å². The van der Waals surface area contributed by atoms with Gasteiger partial charge in [-0.1, -0.05) is 25.7 Å². The summed E-state index contributed by atoms with van der Waals surface area (Å²) in [5.74, 6) is 1.72. The molecule has 0 spiro atoms. The van der Waals surface area contributed by atoms with Crippen molar-refractivity contribution >= 4 is 11.8 Å². The predicted octanol–water partition coefficient (Wildman–Crippen LogP) is 2.68. The molecule has 1 aliphatic rings. The molecule has 1 aromatic heterocycles. The maximum Gasteiger partial charge on any atom is 0.226 e. The van der Waals surface area contributed by atoms with E-state index in [9.17, 15) is 0 Å². The first kappa shape index (κ1) is 12.1. The number of nitrogens with one attached hydrogen (secondary N) is 1. The summed E-state index contributed by atoms with van der Waals surface area (Å²) in [4.78, 5) is 10.7. The largest absolute Gasteiger partial charge is 0.367 e. The minimum Gasteiger partial charge on any atom is -0.367 e. The van der Waals surface area contributed by atoms with E-state index in [1.165, 1.54) is 38.5 Å². The zero-order valence-electron chi connectivity index (χ0n) is 10.8. The Bertz CT molecular complexity index is 343. The number of nitrogens with zero attached hydrogens (tertiary/aromatic N) is 3. The number of aromatic nitrogens is 2. The second-order valence-electron chi connectivity index (χ2n) is 4.97. The molecule has 0 saturated heterocycles. The molecule has 0 aliphatic heterocycles. The smallest absolute Gasteiger partial charge is 0.226 e. The Morgan fingerprint density at radius 2 is 1.88 bits per heavy atom. The van der Waals surface area contributed by atoms with Crippen LogP contribution in [0.2, 0.25) is 0 Å². The second-order valence-corrected chi connectivity index (χ2v) is 4.97. The molecule has 1 fully saturated rings. The number of hydrogen-bond donors (Lipinski definition) is 1. The number of anilines is 2. The summed E-state index contributed by atoms with van der Waals surface area (Å²) < 4.78 is 0. The molecule has 0 radical (unpaired) electrons. The number of rotatable bonds is 3. The fourth-order valence-electron chi connectivity index (χ4n) is 2.28. The summed E-state index contributed by atoms with van der Waals surface area (Å²) in [7, 11) is 3.93. The van der Waals surface area contributed by atoms with Crippen LogP contribution >= 0.6 is 0 Å². The first-order valence-corrected chi connectivity index (χ1v) is 6.52. The summed E-state index contributed by atoms with van der Waals surface area (Å²) >= 11 is 0. The molecule has 1 aromatic rings. The standard InChI is InChI=1S/C13H22N4/c1-17(2)13-14-10-9-12(16-13)15-11-7-5-3-4-6-8-11/h9-11H,3-8H2,1-2H3,(H,14,15,16). The van der Waals surface area contributed by atoms with Gasteiger partial charge in [0.15, 0.2) is 0 Å². The molecule has 0 aromatic carbocycles. The van der Waals surface area contributed by atoms with Crippen molar-refractivity contribution in [2.45, 2.75) is 44.6 Å². The Labute approximate surface area is 103 Å². The predicted molar refractivity (Wildman–Crippen MR) is 71.5 cm³/mol. The molecule has 0 amide bonds. The molecule has 2 rings (SSSR count). The third kappa shape index (κ3) is 3.58. The molecule has 94 valence electrons. The van der Waals surface area contributed by atoms with E-state index in [1.807, 2.05) is 31.3 Å². The lowest BCUT2D eigenvalue weighted by Gasteiger charge is -2.18. The van der Waals surface area contributed by atoms with Gasteiger partial charge in [-0.15, -0.1) is 0 Å². The van der Waals surface area contributed by atoms with Gasteiger partial charge < -0.3 is 10.2 Å². The van der Waals surface area contributed by atoms with Crippen LogP contribution in [0.4, 0.5) is 11.8 Å². The Balaban J connectivity index is 1.99. The van der Waals surface area contributed by atoms with Gasteiger partial charge in [0, 0.05) is 26.3 Å². The summed E-state index contributed by atoms with van der Waals surface area (Å²) in [5.41, 5.74) is 0. The minimum atomic E-state index is 0.586. The highest BCUT2D eigenvalue weighted by molar-refractivity contribution is 5.41. The highest BCUT2D eigenvalue weighted by Gasteiger charge is 2.12. The molecule has 4 nitrogen and oxygen atoms in total. The zero-order valence-corrected chi connectivity index (χ0v) is 10.8. The lowest BCUT2D eigenvalue weighted by Crippen LogP contribution is -2.20. The van der Waals surface area contributed by atoms with E-state index >= 15 is 0 Å². The first-order valence-electron chi connectivity index (χ1n) is 6.52. The molecule has 1 saturated carbocycles. The lowest BCUT2D eigenvalue weighted by atomic mass is 10.1. The van der Waals surface area contributed by atoms with Gasteiger partial charge in [-0.3, -0.25) is 0 Å². The van der Waals surface area contributed by atoms with Gasteiger partial charge in [0.25, 0.3) is 0 Å². The first-order chi connectivity index (χ1) is 8.25. The van der Waals surface area contributed by atoms with E-state index in [4.69, 9.17) is 0 Å². The van der Waals surface area contributed by atoms with Crippen LogP contribution in [0.3, 0.4) is 0 Å². The normalized spacial score (nSPS) is 17.5. The molecular weight excluding hydrogens is 212 g/mol. The monoisotopic (exact) mass is 234 g/mol. The van der Waals surface area contributed by atoms with Gasteiger partial charge in [-0.25, -0.2) is 4.98 Å². The van der Waals surface area contributed by atoms with Crippen molar-refractivity contribution in [2.24, 2.45) is 0 Å². The van der Waals surface area contributed by atoms with Gasteiger partial charge in [-0.2, -0.15) is 4.98 Å². The molecule has 1 N–H and O–H groups in total. The molecular formula is C13H22N4. The SMILES string of the molecule is CN(C)c1nccc(NC2CCCCCC2)n1. The molecule has 0 unspecified atom stereocenters. The molecule has 1 aliphatic carbocycles. The quantitative estimate of drug-likeness (QED) is 0.816. The Kier molecular flexibility index (Phi) is 4.18. The van der Waals surface area contributed by atoms with Crippen molar-refractivity contribution in [2.75, 3.05) is 24.3 Å². The minimum absolute atomic E-state index is 0.586. The summed E-state index contributed by atoms with van der Waals surface area (Å²) in [6.07, 6.45) is 9.78. The third-order valence-corrected chi connectivity index (χ3v) is 3.25. The Hall–Kier alpha value is -1.32. The van der Waals surface area contributed by atoms with Crippen molar-refractivity contribution in [3.8, 4) is 0 Å².